The third-order valence-electron chi connectivity index (χ3n) is 5.07. The predicted molar refractivity (Wildman–Crippen MR) is 110 cm³/mol. The van der Waals surface area contributed by atoms with Crippen LogP contribution in [0.1, 0.15) is 43.2 Å². The highest BCUT2D eigenvalue weighted by Crippen LogP contribution is 2.32. The van der Waals surface area contributed by atoms with Crippen LogP contribution in [0.4, 0.5) is 18.3 Å². The second-order valence-corrected chi connectivity index (χ2v) is 10.3. The van der Waals surface area contributed by atoms with Gasteiger partial charge >= 0.3 is 6.18 Å². The number of nitrogens with zero attached hydrogens (tertiary/aromatic N) is 3. The van der Waals surface area contributed by atoms with E-state index in [1.807, 2.05) is 0 Å². The van der Waals surface area contributed by atoms with Crippen LogP contribution in [0.15, 0.2) is 29.2 Å². The molecule has 0 saturated carbocycles. The summed E-state index contributed by atoms with van der Waals surface area (Å²) in [6.45, 7) is 2.17. The predicted octanol–water partition coefficient (Wildman–Crippen LogP) is 3.94. The van der Waals surface area contributed by atoms with E-state index in [9.17, 15) is 26.4 Å². The molecule has 1 saturated heterocycles. The Morgan fingerprint density at radius 3 is 2.61 bits per heavy atom. The average Bonchev–Trinajstić information content (AvgIpc) is 3.19. The molecule has 3 rings (SSSR count). The summed E-state index contributed by atoms with van der Waals surface area (Å²) < 4.78 is 65.4. The Hall–Kier alpha value is -2.05. The Morgan fingerprint density at radius 2 is 1.97 bits per heavy atom. The van der Waals surface area contributed by atoms with E-state index in [0.29, 0.717) is 11.2 Å². The van der Waals surface area contributed by atoms with Crippen molar-refractivity contribution in [1.29, 1.82) is 0 Å². The number of halogens is 3. The molecular weight excluding hydrogens is 453 g/mol. The van der Waals surface area contributed by atoms with Gasteiger partial charge in [-0.3, -0.25) is 4.79 Å². The van der Waals surface area contributed by atoms with Gasteiger partial charge in [0.2, 0.25) is 21.1 Å². The molecule has 7 nitrogen and oxygen atoms in total. The maximum Gasteiger partial charge on any atom is 0.416 e. The molecule has 1 fully saturated rings. The molecule has 1 aliphatic heterocycles. The molecule has 2 heterocycles. The molecule has 1 aromatic heterocycles. The van der Waals surface area contributed by atoms with Crippen LogP contribution < -0.4 is 5.32 Å². The largest absolute Gasteiger partial charge is 0.416 e. The zero-order valence-electron chi connectivity index (χ0n) is 16.9. The molecule has 1 aliphatic rings. The van der Waals surface area contributed by atoms with Crippen LogP contribution in [-0.4, -0.2) is 41.9 Å². The van der Waals surface area contributed by atoms with Crippen molar-refractivity contribution in [1.82, 2.24) is 14.5 Å². The zero-order valence-corrected chi connectivity index (χ0v) is 18.5. The molecule has 0 aliphatic carbocycles. The summed E-state index contributed by atoms with van der Waals surface area (Å²) in [5, 5.41) is 12.0. The van der Waals surface area contributed by atoms with Gasteiger partial charge in [-0.1, -0.05) is 30.7 Å². The lowest BCUT2D eigenvalue weighted by Crippen LogP contribution is -2.41. The molecular formula is C19H23F3N4O3S2. The van der Waals surface area contributed by atoms with Gasteiger partial charge in [-0.25, -0.2) is 8.42 Å². The first-order valence-corrected chi connectivity index (χ1v) is 12.2. The van der Waals surface area contributed by atoms with Crippen LogP contribution in [0.3, 0.4) is 0 Å². The van der Waals surface area contributed by atoms with E-state index in [1.54, 1.807) is 0 Å². The zero-order chi connectivity index (χ0) is 22.6. The maximum atomic E-state index is 12.9. The fraction of sp³-hybridized carbons (Fsp3) is 0.526. The smallest absolute Gasteiger partial charge is 0.300 e. The highest BCUT2D eigenvalue weighted by atomic mass is 32.2. The number of nitrogens with one attached hydrogen (secondary N) is 1. The number of aromatic nitrogens is 2. The summed E-state index contributed by atoms with van der Waals surface area (Å²) in [6, 6.07) is 3.69. The molecule has 0 unspecified atom stereocenters. The minimum absolute atomic E-state index is 0.0501. The second kappa shape index (κ2) is 9.61. The van der Waals surface area contributed by atoms with Crippen LogP contribution in [0.5, 0.6) is 0 Å². The van der Waals surface area contributed by atoms with Crippen molar-refractivity contribution in [3.8, 4) is 0 Å². The van der Waals surface area contributed by atoms with E-state index >= 15 is 0 Å². The highest BCUT2D eigenvalue weighted by Gasteiger charge is 2.35. The van der Waals surface area contributed by atoms with Crippen molar-refractivity contribution < 1.29 is 26.4 Å². The Kier molecular flexibility index (Phi) is 7.32. The van der Waals surface area contributed by atoms with E-state index in [1.165, 1.54) is 11.3 Å². The number of aryl methyl sites for hydroxylation is 1. The lowest BCUT2D eigenvalue weighted by Gasteiger charge is -2.30. The minimum atomic E-state index is -4.63. The summed E-state index contributed by atoms with van der Waals surface area (Å²) in [5.41, 5.74) is -1.02. The summed E-state index contributed by atoms with van der Waals surface area (Å²) in [7, 11) is -4.08. The lowest BCUT2D eigenvalue weighted by atomic mass is 9.97. The standard InChI is InChI=1S/C19H23F3N4O3S2/c1-2-3-7-16-24-25-18(30-16)23-17(27)13-8-10-26(11-9-13)31(28,29)15-6-4-5-14(12-15)19(20,21)22/h4-6,12-13H,2-3,7-11H2,1H3,(H,23,25,27). The van der Waals surface area contributed by atoms with E-state index < -0.39 is 32.6 Å². The highest BCUT2D eigenvalue weighted by molar-refractivity contribution is 7.89. The number of anilines is 1. The van der Waals surface area contributed by atoms with Crippen molar-refractivity contribution in [2.45, 2.75) is 50.1 Å². The number of sulfonamides is 1. The molecule has 0 spiro atoms. The number of amides is 1. The third-order valence-corrected chi connectivity index (χ3v) is 7.86. The molecule has 170 valence electrons. The number of hydrogen-bond acceptors (Lipinski definition) is 6. The summed E-state index contributed by atoms with van der Waals surface area (Å²) >= 11 is 1.32. The van der Waals surface area contributed by atoms with Crippen LogP contribution in [0.2, 0.25) is 0 Å². The Balaban J connectivity index is 1.59. The van der Waals surface area contributed by atoms with Crippen LogP contribution in [0.25, 0.3) is 0 Å². The van der Waals surface area contributed by atoms with Gasteiger partial charge in [0.05, 0.1) is 10.5 Å². The fourth-order valence-corrected chi connectivity index (χ4v) is 5.58. The van der Waals surface area contributed by atoms with Crippen LogP contribution in [0, 0.1) is 5.92 Å². The number of unbranched alkanes of at least 4 members (excludes halogenated alkanes) is 1. The molecule has 1 N–H and O–H groups in total. The third kappa shape index (κ3) is 5.80. The summed E-state index contributed by atoms with van der Waals surface area (Å²) in [5.74, 6) is -0.662. The number of carbonyl (C=O) groups excluding carboxylic acids is 1. The maximum absolute atomic E-state index is 12.9. The van der Waals surface area contributed by atoms with Crippen molar-refractivity contribution in [2.24, 2.45) is 5.92 Å². The minimum Gasteiger partial charge on any atom is -0.300 e. The van der Waals surface area contributed by atoms with Gasteiger partial charge in [-0.15, -0.1) is 10.2 Å². The Labute approximate surface area is 182 Å². The summed E-state index contributed by atoms with van der Waals surface area (Å²) in [4.78, 5) is 12.1. The first-order valence-electron chi connectivity index (χ1n) is 9.92. The molecule has 0 radical (unpaired) electrons. The van der Waals surface area contributed by atoms with Crippen molar-refractivity contribution in [2.75, 3.05) is 18.4 Å². The van der Waals surface area contributed by atoms with Gasteiger partial charge in [-0.2, -0.15) is 17.5 Å². The molecule has 0 atom stereocenters. The van der Waals surface area contributed by atoms with Crippen LogP contribution >= 0.6 is 11.3 Å². The first-order chi connectivity index (χ1) is 14.6. The van der Waals surface area contributed by atoms with Gasteiger partial charge in [0.25, 0.3) is 0 Å². The number of piperidine rings is 1. The van der Waals surface area contributed by atoms with Crippen molar-refractivity contribution >= 4 is 32.4 Å². The van der Waals surface area contributed by atoms with E-state index in [0.717, 1.165) is 46.8 Å². The normalized spacial score (nSPS) is 16.4. The van der Waals surface area contributed by atoms with E-state index in [4.69, 9.17) is 0 Å². The van der Waals surface area contributed by atoms with Gasteiger partial charge in [-0.05, 0) is 37.5 Å². The van der Waals surface area contributed by atoms with Gasteiger partial charge < -0.3 is 5.32 Å². The van der Waals surface area contributed by atoms with E-state index in [2.05, 4.69) is 22.4 Å². The number of hydrogen-bond donors (Lipinski definition) is 1. The molecule has 1 aromatic carbocycles. The fourth-order valence-electron chi connectivity index (χ4n) is 3.28. The van der Waals surface area contributed by atoms with E-state index in [-0.39, 0.29) is 31.8 Å². The molecule has 12 heteroatoms. The Bertz CT molecular complexity index is 1020. The number of benzene rings is 1. The van der Waals surface area contributed by atoms with Gasteiger partial charge in [0, 0.05) is 25.4 Å². The summed E-state index contributed by atoms with van der Waals surface area (Å²) in [6.07, 6.45) is -1.27. The number of rotatable bonds is 7. The second-order valence-electron chi connectivity index (χ2n) is 7.30. The molecule has 2 aromatic rings. The Morgan fingerprint density at radius 1 is 1.26 bits per heavy atom. The quantitative estimate of drug-likeness (QED) is 0.654. The average molecular weight is 477 g/mol. The first kappa shape index (κ1) is 23.6. The van der Waals surface area contributed by atoms with Crippen molar-refractivity contribution in [3.63, 3.8) is 0 Å². The molecule has 0 bridgehead atoms. The number of carbonyl (C=O) groups is 1. The van der Waals surface area contributed by atoms with Gasteiger partial charge in [0.1, 0.15) is 5.01 Å². The molecule has 31 heavy (non-hydrogen) atoms. The SMILES string of the molecule is CCCCc1nnc(NC(=O)C2CCN(S(=O)(=O)c3cccc(C(F)(F)F)c3)CC2)s1. The monoisotopic (exact) mass is 476 g/mol. The number of alkyl halides is 3. The lowest BCUT2D eigenvalue weighted by molar-refractivity contribution is -0.137. The topological polar surface area (TPSA) is 92.3 Å². The van der Waals surface area contributed by atoms with Gasteiger partial charge in [0.15, 0.2) is 0 Å². The molecule has 1 amide bonds. The van der Waals surface area contributed by atoms with Crippen molar-refractivity contribution in [3.05, 3.63) is 34.8 Å². The van der Waals surface area contributed by atoms with Crippen LogP contribution in [-0.2, 0) is 27.4 Å².